The highest BCUT2D eigenvalue weighted by Gasteiger charge is 2.16. The molecule has 160 valence electrons. The molecule has 4 rings (SSSR count). The van der Waals surface area contributed by atoms with Crippen molar-refractivity contribution in [2.75, 3.05) is 10.7 Å². The molecule has 0 saturated heterocycles. The van der Waals surface area contributed by atoms with E-state index in [1.807, 2.05) is 30.3 Å². The molecule has 2 N–H and O–H groups in total. The largest absolute Gasteiger partial charge is 0.324 e. The fraction of sp³-hybridized carbons (Fsp3) is 0.0435. The zero-order chi connectivity index (χ0) is 22.3. The number of nitrogens with one attached hydrogen (secondary N) is 2. The van der Waals surface area contributed by atoms with Crippen LogP contribution in [0, 0.1) is 5.82 Å². The lowest BCUT2D eigenvalue weighted by Gasteiger charge is -2.10. The van der Waals surface area contributed by atoms with Gasteiger partial charge in [0.1, 0.15) is 5.82 Å². The molecule has 0 amide bonds. The smallest absolute Gasteiger partial charge is 0.248 e. The van der Waals surface area contributed by atoms with Crippen molar-refractivity contribution in [3.8, 4) is 11.4 Å². The third kappa shape index (κ3) is 5.57. The molecule has 9 heteroatoms. The second kappa shape index (κ2) is 10.2. The lowest BCUT2D eigenvalue weighted by atomic mass is 10.2. The Morgan fingerprint density at radius 3 is 2.34 bits per heavy atom. The number of hydrazone groups is 1. The molecule has 0 radical (unpaired) electrons. The highest BCUT2D eigenvalue weighted by molar-refractivity contribution is 6.33. The fourth-order valence-corrected chi connectivity index (χ4v) is 3.21. The Labute approximate surface area is 194 Å². The number of hydrogen-bond donors (Lipinski definition) is 2. The Kier molecular flexibility index (Phi) is 6.89. The summed E-state index contributed by atoms with van der Waals surface area (Å²) in [6, 6.07) is 21.3. The van der Waals surface area contributed by atoms with Crippen LogP contribution in [0.2, 0.25) is 10.0 Å². The molecular formula is C23H17Cl2FN6. The second-order valence-electron chi connectivity index (χ2n) is 6.65. The van der Waals surface area contributed by atoms with Crippen LogP contribution >= 0.6 is 23.2 Å². The average Bonchev–Trinajstić information content (AvgIpc) is 2.79. The van der Waals surface area contributed by atoms with Gasteiger partial charge in [-0.1, -0.05) is 59.6 Å². The monoisotopic (exact) mass is 466 g/mol. The maximum atomic E-state index is 14.5. The quantitative estimate of drug-likeness (QED) is 0.244. The van der Waals surface area contributed by atoms with Crippen molar-refractivity contribution >= 4 is 47.0 Å². The maximum absolute atomic E-state index is 14.5. The van der Waals surface area contributed by atoms with E-state index >= 15 is 0 Å². The van der Waals surface area contributed by atoms with Gasteiger partial charge in [0.2, 0.25) is 11.9 Å². The first-order valence-electron chi connectivity index (χ1n) is 9.63. The Bertz CT molecular complexity index is 1210. The third-order valence-electron chi connectivity index (χ3n) is 4.35. The molecule has 6 nitrogen and oxygen atoms in total. The highest BCUT2D eigenvalue weighted by Crippen LogP contribution is 2.29. The highest BCUT2D eigenvalue weighted by atomic mass is 35.5. The molecule has 1 heterocycles. The SMILES string of the molecule is Fc1cccc(Cl)c1-c1nc(N/N=C/Cc2ccccc2)nc(Nc2ccc(Cl)cc2)n1. The first kappa shape index (κ1) is 21.7. The van der Waals surface area contributed by atoms with Gasteiger partial charge in [-0.25, -0.2) is 9.82 Å². The molecule has 0 fully saturated rings. The number of rotatable bonds is 7. The minimum absolute atomic E-state index is 0.0697. The van der Waals surface area contributed by atoms with Crippen LogP contribution in [-0.2, 0) is 6.42 Å². The summed E-state index contributed by atoms with van der Waals surface area (Å²) in [6.07, 6.45) is 2.32. The van der Waals surface area contributed by atoms with Crippen molar-refractivity contribution in [1.82, 2.24) is 15.0 Å². The van der Waals surface area contributed by atoms with Gasteiger partial charge < -0.3 is 5.32 Å². The average molecular weight is 467 g/mol. The first-order chi connectivity index (χ1) is 15.6. The van der Waals surface area contributed by atoms with Crippen LogP contribution in [-0.4, -0.2) is 21.2 Å². The maximum Gasteiger partial charge on any atom is 0.248 e. The van der Waals surface area contributed by atoms with E-state index in [2.05, 4.69) is 30.8 Å². The lowest BCUT2D eigenvalue weighted by Crippen LogP contribution is -2.06. The standard InChI is InChI=1S/C23H17Cl2FN6/c24-16-9-11-17(12-10-16)28-22-29-21(20-18(25)7-4-8-19(20)26)30-23(31-22)32-27-14-13-15-5-2-1-3-6-15/h1-12,14H,13H2,(H2,28,29,30,31,32)/b27-14+. The van der Waals surface area contributed by atoms with Crippen molar-refractivity contribution < 1.29 is 4.39 Å². The number of nitrogens with zero attached hydrogens (tertiary/aromatic N) is 4. The van der Waals surface area contributed by atoms with Crippen LogP contribution in [0.4, 0.5) is 22.0 Å². The van der Waals surface area contributed by atoms with Crippen LogP contribution in [0.1, 0.15) is 5.56 Å². The normalized spacial score (nSPS) is 11.0. The van der Waals surface area contributed by atoms with Gasteiger partial charge in [-0.3, -0.25) is 0 Å². The molecule has 0 aliphatic carbocycles. The molecule has 32 heavy (non-hydrogen) atoms. The summed E-state index contributed by atoms with van der Waals surface area (Å²) in [5.41, 5.74) is 4.66. The van der Waals surface area contributed by atoms with Gasteiger partial charge in [-0.2, -0.15) is 20.1 Å². The molecule has 0 spiro atoms. The molecule has 4 aromatic rings. The fourth-order valence-electron chi connectivity index (χ4n) is 2.84. The molecule has 1 aromatic heterocycles. The van der Waals surface area contributed by atoms with Crippen molar-refractivity contribution in [3.05, 3.63) is 94.2 Å². The summed E-state index contributed by atoms with van der Waals surface area (Å²) >= 11 is 12.2. The summed E-state index contributed by atoms with van der Waals surface area (Å²) in [5, 5.41) is 8.02. The van der Waals surface area contributed by atoms with E-state index in [9.17, 15) is 4.39 Å². The van der Waals surface area contributed by atoms with Gasteiger partial charge in [0.25, 0.3) is 0 Å². The third-order valence-corrected chi connectivity index (χ3v) is 4.91. The predicted octanol–water partition coefficient (Wildman–Crippen LogP) is 6.37. The number of anilines is 3. The van der Waals surface area contributed by atoms with Crippen LogP contribution in [0.15, 0.2) is 77.9 Å². The van der Waals surface area contributed by atoms with Crippen LogP contribution in [0.3, 0.4) is 0 Å². The molecular weight excluding hydrogens is 450 g/mol. The topological polar surface area (TPSA) is 75.1 Å². The minimum Gasteiger partial charge on any atom is -0.324 e. The number of aromatic nitrogens is 3. The molecule has 0 atom stereocenters. The molecule has 0 aliphatic heterocycles. The van der Waals surface area contributed by atoms with Crippen molar-refractivity contribution in [2.45, 2.75) is 6.42 Å². The Morgan fingerprint density at radius 1 is 0.844 bits per heavy atom. The van der Waals surface area contributed by atoms with Gasteiger partial charge in [-0.05, 0) is 42.0 Å². The van der Waals surface area contributed by atoms with Gasteiger partial charge >= 0.3 is 0 Å². The van der Waals surface area contributed by atoms with Crippen LogP contribution < -0.4 is 10.7 Å². The van der Waals surface area contributed by atoms with E-state index in [-0.39, 0.29) is 28.3 Å². The second-order valence-corrected chi connectivity index (χ2v) is 7.49. The zero-order valence-corrected chi connectivity index (χ0v) is 18.1. The van der Waals surface area contributed by atoms with E-state index < -0.39 is 5.82 Å². The van der Waals surface area contributed by atoms with E-state index in [4.69, 9.17) is 23.2 Å². The number of hydrogen-bond acceptors (Lipinski definition) is 6. The Morgan fingerprint density at radius 2 is 1.59 bits per heavy atom. The van der Waals surface area contributed by atoms with Crippen molar-refractivity contribution in [1.29, 1.82) is 0 Å². The number of benzene rings is 3. The summed E-state index contributed by atoms with van der Waals surface area (Å²) in [5.74, 6) is -0.146. The summed E-state index contributed by atoms with van der Waals surface area (Å²) in [7, 11) is 0. The minimum atomic E-state index is -0.542. The molecule has 0 aliphatic rings. The van der Waals surface area contributed by atoms with Crippen LogP contribution in [0.25, 0.3) is 11.4 Å². The van der Waals surface area contributed by atoms with E-state index in [0.29, 0.717) is 17.1 Å². The Hall–Kier alpha value is -3.55. The molecule has 0 saturated carbocycles. The van der Waals surface area contributed by atoms with Gasteiger partial charge in [0.15, 0.2) is 5.82 Å². The summed E-state index contributed by atoms with van der Waals surface area (Å²) in [4.78, 5) is 13.0. The van der Waals surface area contributed by atoms with E-state index in [0.717, 1.165) is 5.56 Å². The molecule has 0 unspecified atom stereocenters. The van der Waals surface area contributed by atoms with Gasteiger partial charge in [0.05, 0.1) is 10.6 Å². The Balaban J connectivity index is 1.63. The molecule has 0 bridgehead atoms. The van der Waals surface area contributed by atoms with Gasteiger partial charge in [0, 0.05) is 23.3 Å². The predicted molar refractivity (Wildman–Crippen MR) is 127 cm³/mol. The van der Waals surface area contributed by atoms with Crippen molar-refractivity contribution in [2.24, 2.45) is 5.10 Å². The van der Waals surface area contributed by atoms with E-state index in [1.54, 1.807) is 36.5 Å². The van der Waals surface area contributed by atoms with Crippen molar-refractivity contribution in [3.63, 3.8) is 0 Å². The zero-order valence-electron chi connectivity index (χ0n) is 16.6. The van der Waals surface area contributed by atoms with Gasteiger partial charge in [-0.15, -0.1) is 0 Å². The number of halogens is 3. The first-order valence-corrected chi connectivity index (χ1v) is 10.4. The summed E-state index contributed by atoms with van der Waals surface area (Å²) < 4.78 is 14.5. The lowest BCUT2D eigenvalue weighted by molar-refractivity contribution is 0.630. The summed E-state index contributed by atoms with van der Waals surface area (Å²) in [6.45, 7) is 0. The van der Waals surface area contributed by atoms with E-state index in [1.165, 1.54) is 12.1 Å². The molecule has 3 aromatic carbocycles. The van der Waals surface area contributed by atoms with Crippen LogP contribution in [0.5, 0.6) is 0 Å².